The molecular weight excluding hydrogens is 319 g/mol. The zero-order valence-electron chi connectivity index (χ0n) is 14.4. The first-order chi connectivity index (χ1) is 12.1. The largest absolute Gasteiger partial charge is 0.497 e. The van der Waals surface area contributed by atoms with E-state index in [0.717, 1.165) is 33.5 Å². The fourth-order valence-corrected chi connectivity index (χ4v) is 2.98. The average molecular weight is 340 g/mol. The number of methoxy groups -OCH3 is 1. The highest BCUT2D eigenvalue weighted by Crippen LogP contribution is 2.33. The van der Waals surface area contributed by atoms with Gasteiger partial charge < -0.3 is 15.0 Å². The van der Waals surface area contributed by atoms with Crippen molar-refractivity contribution < 1.29 is 13.9 Å². The number of hydrogen-bond donors (Lipinski definition) is 2. The zero-order chi connectivity index (χ0) is 17.8. The van der Waals surface area contributed by atoms with Crippen LogP contribution in [0.5, 0.6) is 5.75 Å². The van der Waals surface area contributed by atoms with Gasteiger partial charge in [0.1, 0.15) is 12.4 Å². The highest BCUT2D eigenvalue weighted by molar-refractivity contribution is 5.92. The van der Waals surface area contributed by atoms with Crippen molar-refractivity contribution in [1.82, 2.24) is 10.3 Å². The molecule has 0 bridgehead atoms. The molecule has 1 aromatic heterocycles. The van der Waals surface area contributed by atoms with E-state index in [2.05, 4.69) is 10.3 Å². The van der Waals surface area contributed by atoms with Gasteiger partial charge in [-0.2, -0.15) is 0 Å². The number of nitrogens with one attached hydrogen (secondary N) is 2. The molecule has 1 heterocycles. The van der Waals surface area contributed by atoms with Gasteiger partial charge in [-0.3, -0.25) is 4.79 Å². The maximum absolute atomic E-state index is 12.8. The Morgan fingerprint density at radius 1 is 1.20 bits per heavy atom. The minimum Gasteiger partial charge on any atom is -0.497 e. The van der Waals surface area contributed by atoms with Gasteiger partial charge in [0.25, 0.3) is 0 Å². The standard InChI is InChI=1S/C20H21FN2O2/c1-13(24)22-10-9-17-18-11-16(25-2)7-8-19(18)23-20(17)15-5-3-14(12-21)4-6-15/h3-8,11,23H,9-10,12H2,1-2H3,(H,22,24). The van der Waals surface area contributed by atoms with Crippen LogP contribution in [0.4, 0.5) is 4.39 Å². The lowest BCUT2D eigenvalue weighted by atomic mass is 10.0. The van der Waals surface area contributed by atoms with E-state index in [9.17, 15) is 9.18 Å². The number of benzene rings is 2. The molecule has 0 aliphatic carbocycles. The Hall–Kier alpha value is -2.82. The number of alkyl halides is 1. The van der Waals surface area contributed by atoms with Gasteiger partial charge >= 0.3 is 0 Å². The van der Waals surface area contributed by atoms with Crippen molar-refractivity contribution in [3.8, 4) is 17.0 Å². The molecular formula is C20H21FN2O2. The molecule has 0 atom stereocenters. The lowest BCUT2D eigenvalue weighted by Crippen LogP contribution is -2.22. The molecule has 2 aromatic carbocycles. The highest BCUT2D eigenvalue weighted by atomic mass is 19.1. The number of amides is 1. The van der Waals surface area contributed by atoms with Crippen molar-refractivity contribution in [2.45, 2.75) is 20.0 Å². The van der Waals surface area contributed by atoms with Crippen LogP contribution in [0.25, 0.3) is 22.2 Å². The second-order valence-corrected chi connectivity index (χ2v) is 5.95. The molecule has 2 N–H and O–H groups in total. The number of H-pyrrole nitrogens is 1. The number of ether oxygens (including phenoxy) is 1. The van der Waals surface area contributed by atoms with Crippen LogP contribution in [0.2, 0.25) is 0 Å². The number of rotatable bonds is 6. The normalized spacial score (nSPS) is 10.8. The van der Waals surface area contributed by atoms with Crippen molar-refractivity contribution in [1.29, 1.82) is 0 Å². The van der Waals surface area contributed by atoms with Crippen LogP contribution >= 0.6 is 0 Å². The van der Waals surface area contributed by atoms with E-state index in [1.807, 2.05) is 30.3 Å². The Morgan fingerprint density at radius 3 is 2.60 bits per heavy atom. The summed E-state index contributed by atoms with van der Waals surface area (Å²) in [5, 5.41) is 3.90. The minimum atomic E-state index is -0.473. The summed E-state index contributed by atoms with van der Waals surface area (Å²) >= 11 is 0. The summed E-state index contributed by atoms with van der Waals surface area (Å²) in [4.78, 5) is 14.6. The van der Waals surface area contributed by atoms with Crippen LogP contribution in [-0.2, 0) is 17.9 Å². The number of fused-ring (bicyclic) bond motifs is 1. The van der Waals surface area contributed by atoms with Gasteiger partial charge in [0.2, 0.25) is 5.91 Å². The van der Waals surface area contributed by atoms with Gasteiger partial charge in [-0.15, -0.1) is 0 Å². The Balaban J connectivity index is 2.06. The molecule has 0 aliphatic heterocycles. The molecule has 0 unspecified atom stereocenters. The first-order valence-corrected chi connectivity index (χ1v) is 8.20. The van der Waals surface area contributed by atoms with Crippen molar-refractivity contribution in [3.05, 3.63) is 53.6 Å². The monoisotopic (exact) mass is 340 g/mol. The van der Waals surface area contributed by atoms with Crippen molar-refractivity contribution in [3.63, 3.8) is 0 Å². The predicted octanol–water partition coefficient (Wildman–Crippen LogP) is 3.99. The van der Waals surface area contributed by atoms with Crippen molar-refractivity contribution in [2.75, 3.05) is 13.7 Å². The third kappa shape index (κ3) is 3.65. The van der Waals surface area contributed by atoms with Crippen molar-refractivity contribution in [2.24, 2.45) is 0 Å². The summed E-state index contributed by atoms with van der Waals surface area (Å²) in [7, 11) is 1.64. The Bertz CT molecular complexity index is 885. The molecule has 0 radical (unpaired) electrons. The number of hydrogen-bond acceptors (Lipinski definition) is 2. The fraction of sp³-hybridized carbons (Fsp3) is 0.250. The predicted molar refractivity (Wildman–Crippen MR) is 97.5 cm³/mol. The quantitative estimate of drug-likeness (QED) is 0.713. The topological polar surface area (TPSA) is 54.1 Å². The lowest BCUT2D eigenvalue weighted by Gasteiger charge is -2.07. The van der Waals surface area contributed by atoms with Gasteiger partial charge in [0.05, 0.1) is 7.11 Å². The van der Waals surface area contributed by atoms with E-state index < -0.39 is 6.67 Å². The van der Waals surface area contributed by atoms with E-state index in [1.54, 1.807) is 19.2 Å². The summed E-state index contributed by atoms with van der Waals surface area (Å²) in [6, 6.07) is 13.3. The first kappa shape index (κ1) is 17.0. The summed E-state index contributed by atoms with van der Waals surface area (Å²) in [6.45, 7) is 1.59. The molecule has 0 aliphatic rings. The van der Waals surface area contributed by atoms with Crippen LogP contribution in [-0.4, -0.2) is 24.5 Å². The van der Waals surface area contributed by atoms with Gasteiger partial charge in [-0.25, -0.2) is 4.39 Å². The second-order valence-electron chi connectivity index (χ2n) is 5.95. The Morgan fingerprint density at radius 2 is 1.96 bits per heavy atom. The maximum Gasteiger partial charge on any atom is 0.216 e. The minimum absolute atomic E-state index is 0.0497. The fourth-order valence-electron chi connectivity index (χ4n) is 2.98. The molecule has 3 aromatic rings. The third-order valence-electron chi connectivity index (χ3n) is 4.26. The van der Waals surface area contributed by atoms with Gasteiger partial charge in [0, 0.05) is 30.1 Å². The van der Waals surface area contributed by atoms with E-state index in [0.29, 0.717) is 18.5 Å². The Labute approximate surface area is 146 Å². The Kier molecular flexibility index (Phi) is 5.03. The maximum atomic E-state index is 12.8. The molecule has 25 heavy (non-hydrogen) atoms. The third-order valence-corrected chi connectivity index (χ3v) is 4.26. The summed E-state index contributed by atoms with van der Waals surface area (Å²) in [5.41, 5.74) is 4.74. The van der Waals surface area contributed by atoms with Gasteiger partial charge in [0.15, 0.2) is 0 Å². The SMILES string of the molecule is COc1ccc2[nH]c(-c3ccc(CF)cc3)c(CCNC(C)=O)c2c1. The molecule has 1 amide bonds. The molecule has 0 fully saturated rings. The van der Waals surface area contributed by atoms with Crippen LogP contribution in [0, 0.1) is 0 Å². The number of halogens is 1. The molecule has 5 heteroatoms. The molecule has 130 valence electrons. The van der Waals surface area contributed by atoms with Crippen LogP contribution < -0.4 is 10.1 Å². The van der Waals surface area contributed by atoms with Crippen LogP contribution in [0.3, 0.4) is 0 Å². The molecule has 0 saturated heterocycles. The van der Waals surface area contributed by atoms with E-state index >= 15 is 0 Å². The number of aromatic amines is 1. The lowest BCUT2D eigenvalue weighted by molar-refractivity contribution is -0.118. The number of carbonyl (C=O) groups excluding carboxylic acids is 1. The second kappa shape index (κ2) is 7.38. The molecule has 0 spiro atoms. The smallest absolute Gasteiger partial charge is 0.216 e. The first-order valence-electron chi connectivity index (χ1n) is 8.20. The van der Waals surface area contributed by atoms with E-state index in [-0.39, 0.29) is 5.91 Å². The van der Waals surface area contributed by atoms with Gasteiger partial charge in [-0.05, 0) is 41.3 Å². The molecule has 3 rings (SSSR count). The van der Waals surface area contributed by atoms with Gasteiger partial charge in [-0.1, -0.05) is 24.3 Å². The number of carbonyl (C=O) groups is 1. The van der Waals surface area contributed by atoms with Crippen LogP contribution in [0.15, 0.2) is 42.5 Å². The summed E-state index contributed by atoms with van der Waals surface area (Å²) in [6.07, 6.45) is 0.687. The zero-order valence-corrected chi connectivity index (χ0v) is 14.4. The summed E-state index contributed by atoms with van der Waals surface area (Å²) in [5.74, 6) is 0.734. The van der Waals surface area contributed by atoms with E-state index in [1.165, 1.54) is 6.92 Å². The number of aromatic nitrogens is 1. The molecule has 4 nitrogen and oxygen atoms in total. The van der Waals surface area contributed by atoms with Crippen LogP contribution in [0.1, 0.15) is 18.1 Å². The molecule has 0 saturated carbocycles. The van der Waals surface area contributed by atoms with E-state index in [4.69, 9.17) is 4.74 Å². The highest BCUT2D eigenvalue weighted by Gasteiger charge is 2.14. The summed E-state index contributed by atoms with van der Waals surface area (Å²) < 4.78 is 18.1. The average Bonchev–Trinajstić information content (AvgIpc) is 2.99. The van der Waals surface area contributed by atoms with Crippen molar-refractivity contribution >= 4 is 16.8 Å².